The molecule has 20 heavy (non-hydrogen) atoms. The van der Waals surface area contributed by atoms with Crippen molar-refractivity contribution in [2.75, 3.05) is 23.4 Å². The van der Waals surface area contributed by atoms with Gasteiger partial charge in [0, 0.05) is 30.7 Å². The van der Waals surface area contributed by atoms with Gasteiger partial charge in [0.05, 0.1) is 18.4 Å². The molecule has 9 heteroatoms. The van der Waals surface area contributed by atoms with Crippen molar-refractivity contribution < 1.29 is 0 Å². The van der Waals surface area contributed by atoms with Crippen molar-refractivity contribution in [2.45, 2.75) is 20.4 Å². The van der Waals surface area contributed by atoms with E-state index in [1.165, 1.54) is 4.68 Å². The van der Waals surface area contributed by atoms with Crippen LogP contribution in [0.5, 0.6) is 0 Å². The molecule has 2 aromatic rings. The normalized spacial score (nSPS) is 10.6. The summed E-state index contributed by atoms with van der Waals surface area (Å²) in [6.45, 7) is 5.98. The number of rotatable bonds is 6. The van der Waals surface area contributed by atoms with Crippen molar-refractivity contribution >= 4 is 22.2 Å². The molecule has 3 N–H and O–H groups in total. The summed E-state index contributed by atoms with van der Waals surface area (Å²) in [6, 6.07) is 1.58. The fourth-order valence-electron chi connectivity index (χ4n) is 1.87. The molecule has 108 valence electrons. The number of nitrogens with two attached hydrogens (primary N) is 1. The van der Waals surface area contributed by atoms with Gasteiger partial charge in [0.15, 0.2) is 0 Å². The van der Waals surface area contributed by atoms with Gasteiger partial charge in [-0.15, -0.1) is 5.10 Å². The van der Waals surface area contributed by atoms with E-state index in [1.54, 1.807) is 12.3 Å². The first-order chi connectivity index (χ1) is 9.69. The highest BCUT2D eigenvalue weighted by Crippen LogP contribution is 2.16. The molecule has 0 bridgehead atoms. The van der Waals surface area contributed by atoms with Crippen LogP contribution in [0.25, 0.3) is 0 Å². The molecular formula is C11H17N7OS. The van der Waals surface area contributed by atoms with Crippen LogP contribution in [-0.4, -0.2) is 32.5 Å². The quantitative estimate of drug-likeness (QED) is 0.582. The minimum absolute atomic E-state index is 0.176. The highest BCUT2D eigenvalue weighted by atomic mass is 32.1. The van der Waals surface area contributed by atoms with Gasteiger partial charge in [0.25, 0.3) is 5.56 Å². The van der Waals surface area contributed by atoms with E-state index in [9.17, 15) is 4.79 Å². The fourth-order valence-corrected chi connectivity index (χ4v) is 2.35. The second-order valence-corrected chi connectivity index (χ2v) is 4.83. The monoisotopic (exact) mass is 295 g/mol. The maximum atomic E-state index is 12.1. The Labute approximate surface area is 120 Å². The number of aromatic nitrogens is 4. The lowest BCUT2D eigenvalue weighted by Gasteiger charge is -2.20. The third-order valence-electron chi connectivity index (χ3n) is 2.97. The molecule has 0 saturated heterocycles. The number of hydrogen-bond acceptors (Lipinski definition) is 8. The van der Waals surface area contributed by atoms with E-state index < -0.39 is 0 Å². The first kappa shape index (κ1) is 14.4. The molecule has 0 fully saturated rings. The summed E-state index contributed by atoms with van der Waals surface area (Å²) in [5.74, 6) is 5.35. The summed E-state index contributed by atoms with van der Waals surface area (Å²) in [5.41, 5.74) is 3.75. The third kappa shape index (κ3) is 2.94. The van der Waals surface area contributed by atoms with Crippen LogP contribution in [0.1, 0.15) is 19.5 Å². The summed E-state index contributed by atoms with van der Waals surface area (Å²) in [5, 5.41) is 8.74. The lowest BCUT2D eigenvalue weighted by Crippen LogP contribution is -2.28. The van der Waals surface area contributed by atoms with Crippen molar-refractivity contribution in [3.05, 3.63) is 28.3 Å². The lowest BCUT2D eigenvalue weighted by molar-refractivity contribution is 0.625. The van der Waals surface area contributed by atoms with Gasteiger partial charge in [-0.1, -0.05) is 4.49 Å². The Kier molecular flexibility index (Phi) is 4.64. The molecule has 0 spiro atoms. The van der Waals surface area contributed by atoms with E-state index in [0.29, 0.717) is 10.7 Å². The molecule has 0 aromatic carbocycles. The zero-order chi connectivity index (χ0) is 14.5. The van der Waals surface area contributed by atoms with Crippen LogP contribution in [0, 0.1) is 0 Å². The summed E-state index contributed by atoms with van der Waals surface area (Å²) < 4.78 is 5.13. The molecule has 0 aliphatic rings. The van der Waals surface area contributed by atoms with Gasteiger partial charge in [-0.25, -0.2) is 10.5 Å². The molecule has 0 aliphatic carbocycles. The van der Waals surface area contributed by atoms with Crippen LogP contribution < -0.4 is 21.7 Å². The van der Waals surface area contributed by atoms with Crippen molar-refractivity contribution in [1.82, 2.24) is 19.4 Å². The standard InChI is InChI=1S/C11H17N7OS/c1-3-17(4-2)8-5-10(19)18(13-6-8)7-9-11(14-12)20-16-15-9/h5-6,14H,3-4,7,12H2,1-2H3. The van der Waals surface area contributed by atoms with Crippen LogP contribution in [0.2, 0.25) is 0 Å². The van der Waals surface area contributed by atoms with Gasteiger partial charge in [0.2, 0.25) is 0 Å². The topological polar surface area (TPSA) is 102 Å². The fraction of sp³-hybridized carbons (Fsp3) is 0.455. The van der Waals surface area contributed by atoms with E-state index in [1.807, 2.05) is 13.8 Å². The molecule has 8 nitrogen and oxygen atoms in total. The highest BCUT2D eigenvalue weighted by Gasteiger charge is 2.10. The number of hydrogen-bond donors (Lipinski definition) is 2. The van der Waals surface area contributed by atoms with Crippen LogP contribution in [-0.2, 0) is 6.54 Å². The molecule has 0 aliphatic heterocycles. The summed E-state index contributed by atoms with van der Waals surface area (Å²) >= 11 is 1.14. The van der Waals surface area contributed by atoms with Gasteiger partial charge in [-0.3, -0.25) is 4.79 Å². The Balaban J connectivity index is 2.24. The van der Waals surface area contributed by atoms with Crippen LogP contribution in [0.4, 0.5) is 10.7 Å². The zero-order valence-corrected chi connectivity index (χ0v) is 12.2. The molecule has 2 heterocycles. The molecule has 0 atom stereocenters. The van der Waals surface area contributed by atoms with E-state index in [0.717, 1.165) is 30.3 Å². The summed E-state index contributed by atoms with van der Waals surface area (Å²) in [7, 11) is 0. The number of hydrazine groups is 1. The molecule has 2 aromatic heterocycles. The minimum atomic E-state index is -0.176. The SMILES string of the molecule is CCN(CC)c1cnn(Cc2nnsc2NN)c(=O)c1. The molecule has 0 saturated carbocycles. The molecule has 2 rings (SSSR count). The second kappa shape index (κ2) is 6.44. The van der Waals surface area contributed by atoms with Crippen molar-refractivity contribution in [3.63, 3.8) is 0 Å². The first-order valence-corrected chi connectivity index (χ1v) is 7.06. The number of anilines is 2. The zero-order valence-electron chi connectivity index (χ0n) is 11.4. The number of nitrogens with zero attached hydrogens (tertiary/aromatic N) is 5. The number of nitrogens with one attached hydrogen (secondary N) is 1. The molecule has 0 radical (unpaired) electrons. The van der Waals surface area contributed by atoms with Gasteiger partial charge in [-0.2, -0.15) is 5.10 Å². The second-order valence-electron chi connectivity index (χ2n) is 4.08. The van der Waals surface area contributed by atoms with E-state index in [-0.39, 0.29) is 12.1 Å². The Bertz CT molecular complexity index is 619. The van der Waals surface area contributed by atoms with Crippen LogP contribution in [0.15, 0.2) is 17.1 Å². The van der Waals surface area contributed by atoms with Gasteiger partial charge in [-0.05, 0) is 13.8 Å². The van der Waals surface area contributed by atoms with Crippen molar-refractivity contribution in [3.8, 4) is 0 Å². The van der Waals surface area contributed by atoms with Crippen LogP contribution in [0.3, 0.4) is 0 Å². The van der Waals surface area contributed by atoms with Crippen molar-refractivity contribution in [2.24, 2.45) is 5.84 Å². The first-order valence-electron chi connectivity index (χ1n) is 6.29. The van der Waals surface area contributed by atoms with Crippen molar-refractivity contribution in [1.29, 1.82) is 0 Å². The van der Waals surface area contributed by atoms with E-state index >= 15 is 0 Å². The maximum absolute atomic E-state index is 12.1. The minimum Gasteiger partial charge on any atom is -0.371 e. The number of nitrogen functional groups attached to an aromatic ring is 1. The van der Waals surface area contributed by atoms with Gasteiger partial charge < -0.3 is 10.3 Å². The van der Waals surface area contributed by atoms with Crippen LogP contribution >= 0.6 is 11.5 Å². The predicted molar refractivity (Wildman–Crippen MR) is 78.9 cm³/mol. The smallest absolute Gasteiger partial charge is 0.269 e. The molecular weight excluding hydrogens is 278 g/mol. The van der Waals surface area contributed by atoms with Gasteiger partial charge >= 0.3 is 0 Å². The largest absolute Gasteiger partial charge is 0.371 e. The third-order valence-corrected chi connectivity index (χ3v) is 3.67. The van der Waals surface area contributed by atoms with E-state index in [4.69, 9.17) is 5.84 Å². The average Bonchev–Trinajstić information content (AvgIpc) is 2.90. The Morgan fingerprint density at radius 3 is 2.80 bits per heavy atom. The average molecular weight is 295 g/mol. The van der Waals surface area contributed by atoms with Gasteiger partial charge in [0.1, 0.15) is 10.7 Å². The highest BCUT2D eigenvalue weighted by molar-refractivity contribution is 7.10. The predicted octanol–water partition coefficient (Wildman–Crippen LogP) is 0.275. The Morgan fingerprint density at radius 1 is 1.45 bits per heavy atom. The van der Waals surface area contributed by atoms with E-state index in [2.05, 4.69) is 25.0 Å². The Hall–Kier alpha value is -2.00. The summed E-state index contributed by atoms with van der Waals surface area (Å²) in [4.78, 5) is 14.1. The Morgan fingerprint density at radius 2 is 2.20 bits per heavy atom. The molecule has 0 unspecified atom stereocenters. The molecule has 0 amide bonds. The maximum Gasteiger partial charge on any atom is 0.269 e. The summed E-state index contributed by atoms with van der Waals surface area (Å²) in [6.07, 6.45) is 1.68. The lowest BCUT2D eigenvalue weighted by atomic mass is 10.3.